The topological polar surface area (TPSA) is 112 Å². The molecule has 2 rings (SSSR count). The summed E-state index contributed by atoms with van der Waals surface area (Å²) in [4.78, 5) is 10.8. The quantitative estimate of drug-likeness (QED) is 0.762. The van der Waals surface area contributed by atoms with E-state index in [1.165, 1.54) is 6.92 Å². The van der Waals surface area contributed by atoms with Gasteiger partial charge in [-0.1, -0.05) is 20.3 Å². The number of carbonyl (C=O) groups is 1. The van der Waals surface area contributed by atoms with Crippen LogP contribution < -0.4 is 4.72 Å². The van der Waals surface area contributed by atoms with E-state index in [1.807, 2.05) is 6.92 Å². The molecule has 1 aliphatic rings. The van der Waals surface area contributed by atoms with Crippen molar-refractivity contribution < 1.29 is 18.3 Å². The maximum absolute atomic E-state index is 12.5. The molecule has 1 aromatic heterocycles. The molecule has 3 atom stereocenters. The number of nitrogens with zero attached hydrogens (tertiary/aromatic N) is 1. The van der Waals surface area contributed by atoms with E-state index in [1.54, 1.807) is 0 Å². The minimum absolute atomic E-state index is 0.157. The Labute approximate surface area is 124 Å². The van der Waals surface area contributed by atoms with Gasteiger partial charge in [0, 0.05) is 6.04 Å². The Morgan fingerprint density at radius 3 is 2.67 bits per heavy atom. The summed E-state index contributed by atoms with van der Waals surface area (Å²) in [5, 5.41) is 15.1. The molecule has 8 heteroatoms. The molecule has 7 nitrogen and oxygen atoms in total. The van der Waals surface area contributed by atoms with Crippen LogP contribution in [0.25, 0.3) is 0 Å². The van der Waals surface area contributed by atoms with E-state index in [0.717, 1.165) is 19.3 Å². The number of sulfonamides is 1. The van der Waals surface area contributed by atoms with Gasteiger partial charge in [0.05, 0.1) is 5.69 Å². The van der Waals surface area contributed by atoms with Crippen LogP contribution in [-0.4, -0.2) is 35.7 Å². The van der Waals surface area contributed by atoms with Gasteiger partial charge in [0.25, 0.3) is 0 Å². The molecule has 0 saturated heterocycles. The Hall–Kier alpha value is -1.41. The van der Waals surface area contributed by atoms with Gasteiger partial charge in [-0.25, -0.2) is 17.9 Å². The van der Waals surface area contributed by atoms with Crippen LogP contribution in [0.15, 0.2) is 4.90 Å². The Bertz CT molecular complexity index is 638. The number of aromatic nitrogens is 2. The Balaban J connectivity index is 2.28. The van der Waals surface area contributed by atoms with E-state index in [9.17, 15) is 13.2 Å². The van der Waals surface area contributed by atoms with Crippen molar-refractivity contribution in [3.8, 4) is 0 Å². The lowest BCUT2D eigenvalue weighted by molar-refractivity contribution is 0.0686. The first-order valence-corrected chi connectivity index (χ1v) is 8.56. The van der Waals surface area contributed by atoms with Crippen LogP contribution in [0.5, 0.6) is 0 Å². The molecule has 1 fully saturated rings. The zero-order valence-corrected chi connectivity index (χ0v) is 13.2. The fourth-order valence-electron chi connectivity index (χ4n) is 3.14. The van der Waals surface area contributed by atoms with Crippen molar-refractivity contribution in [1.29, 1.82) is 0 Å². The van der Waals surface area contributed by atoms with Gasteiger partial charge in [0.2, 0.25) is 10.0 Å². The van der Waals surface area contributed by atoms with Gasteiger partial charge >= 0.3 is 5.97 Å². The van der Waals surface area contributed by atoms with E-state index >= 15 is 0 Å². The number of H-pyrrole nitrogens is 1. The van der Waals surface area contributed by atoms with E-state index in [2.05, 4.69) is 21.8 Å². The van der Waals surface area contributed by atoms with Crippen molar-refractivity contribution in [1.82, 2.24) is 14.9 Å². The lowest BCUT2D eigenvalue weighted by Gasteiger charge is -2.20. The second-order valence-electron chi connectivity index (χ2n) is 5.66. The standard InChI is InChI=1S/C13H21N3O4S/c1-4-9-5-6-10(7(9)2)16-21(19,20)12-8(3)14-15-11(12)13(17)18/h7,9-10,16H,4-6H2,1-3H3,(H,14,15)(H,17,18). The predicted molar refractivity (Wildman–Crippen MR) is 76.6 cm³/mol. The van der Waals surface area contributed by atoms with Gasteiger partial charge in [-0.15, -0.1) is 0 Å². The molecule has 0 spiro atoms. The van der Waals surface area contributed by atoms with Crippen molar-refractivity contribution in [2.24, 2.45) is 11.8 Å². The lowest BCUT2D eigenvalue weighted by atomic mass is 9.94. The van der Waals surface area contributed by atoms with Crippen LogP contribution in [0.2, 0.25) is 0 Å². The number of aromatic carboxylic acids is 1. The molecular formula is C13H21N3O4S. The van der Waals surface area contributed by atoms with Crippen LogP contribution in [0, 0.1) is 18.8 Å². The van der Waals surface area contributed by atoms with Crippen molar-refractivity contribution in [2.45, 2.75) is 51.0 Å². The zero-order valence-electron chi connectivity index (χ0n) is 12.4. The number of hydrogen-bond acceptors (Lipinski definition) is 4. The summed E-state index contributed by atoms with van der Waals surface area (Å²) in [5.74, 6) is -0.613. The third-order valence-electron chi connectivity index (χ3n) is 4.42. The molecule has 3 unspecified atom stereocenters. The molecule has 1 heterocycles. The molecule has 0 aliphatic heterocycles. The average Bonchev–Trinajstić information content (AvgIpc) is 2.94. The molecular weight excluding hydrogens is 294 g/mol. The average molecular weight is 315 g/mol. The fraction of sp³-hybridized carbons (Fsp3) is 0.692. The van der Waals surface area contributed by atoms with Crippen molar-refractivity contribution in [2.75, 3.05) is 0 Å². The monoisotopic (exact) mass is 315 g/mol. The number of hydrogen-bond donors (Lipinski definition) is 3. The normalized spacial score (nSPS) is 26.1. The molecule has 3 N–H and O–H groups in total. The summed E-state index contributed by atoms with van der Waals surface area (Å²) in [6.45, 7) is 5.64. The predicted octanol–water partition coefficient (Wildman–Crippen LogP) is 1.52. The highest BCUT2D eigenvalue weighted by Crippen LogP contribution is 2.35. The lowest BCUT2D eigenvalue weighted by Crippen LogP contribution is -2.38. The van der Waals surface area contributed by atoms with Crippen molar-refractivity contribution in [3.05, 3.63) is 11.4 Å². The zero-order chi connectivity index (χ0) is 15.8. The molecule has 1 aromatic rings. The number of nitrogens with one attached hydrogen (secondary N) is 2. The molecule has 0 bridgehead atoms. The van der Waals surface area contributed by atoms with Gasteiger partial charge < -0.3 is 5.11 Å². The molecule has 0 amide bonds. The summed E-state index contributed by atoms with van der Waals surface area (Å²) < 4.78 is 27.7. The van der Waals surface area contributed by atoms with E-state index in [4.69, 9.17) is 5.11 Å². The number of carboxylic acids is 1. The minimum atomic E-state index is -3.90. The maximum atomic E-state index is 12.5. The minimum Gasteiger partial charge on any atom is -0.476 e. The van der Waals surface area contributed by atoms with E-state index < -0.39 is 21.7 Å². The van der Waals surface area contributed by atoms with Crippen LogP contribution >= 0.6 is 0 Å². The first kappa shape index (κ1) is 16.0. The first-order chi connectivity index (χ1) is 9.77. The summed E-state index contributed by atoms with van der Waals surface area (Å²) in [5.41, 5.74) is -0.227. The molecule has 1 aliphatic carbocycles. The Kier molecular flexibility index (Phi) is 4.38. The highest BCUT2D eigenvalue weighted by molar-refractivity contribution is 7.89. The van der Waals surface area contributed by atoms with Crippen molar-refractivity contribution >= 4 is 16.0 Å². The molecule has 21 heavy (non-hydrogen) atoms. The van der Waals surface area contributed by atoms with Gasteiger partial charge in [0.1, 0.15) is 4.90 Å². The maximum Gasteiger partial charge on any atom is 0.357 e. The highest BCUT2D eigenvalue weighted by atomic mass is 32.2. The molecule has 0 radical (unpaired) electrons. The van der Waals surface area contributed by atoms with Gasteiger partial charge in [-0.3, -0.25) is 5.10 Å². The van der Waals surface area contributed by atoms with E-state index in [0.29, 0.717) is 5.92 Å². The number of carboxylic acid groups (broad SMARTS) is 1. The van der Waals surface area contributed by atoms with Gasteiger partial charge in [0.15, 0.2) is 5.69 Å². The first-order valence-electron chi connectivity index (χ1n) is 7.08. The number of aromatic amines is 1. The highest BCUT2D eigenvalue weighted by Gasteiger charge is 2.36. The number of aryl methyl sites for hydroxylation is 1. The fourth-order valence-corrected chi connectivity index (χ4v) is 4.83. The second-order valence-corrected chi connectivity index (χ2v) is 7.31. The summed E-state index contributed by atoms with van der Waals surface area (Å²) in [6, 6.07) is -0.157. The van der Waals surface area contributed by atoms with Crippen LogP contribution in [0.4, 0.5) is 0 Å². The van der Waals surface area contributed by atoms with Crippen LogP contribution in [0.3, 0.4) is 0 Å². The second kappa shape index (κ2) is 5.76. The van der Waals surface area contributed by atoms with Crippen LogP contribution in [0.1, 0.15) is 49.3 Å². The Morgan fingerprint density at radius 2 is 2.14 bits per heavy atom. The summed E-state index contributed by atoms with van der Waals surface area (Å²) in [6.07, 6.45) is 2.78. The van der Waals surface area contributed by atoms with E-state index in [-0.39, 0.29) is 22.5 Å². The molecule has 1 saturated carbocycles. The van der Waals surface area contributed by atoms with Crippen LogP contribution in [-0.2, 0) is 10.0 Å². The third-order valence-corrected chi connectivity index (χ3v) is 6.07. The van der Waals surface area contributed by atoms with Crippen molar-refractivity contribution in [3.63, 3.8) is 0 Å². The largest absolute Gasteiger partial charge is 0.476 e. The molecule has 0 aromatic carbocycles. The third kappa shape index (κ3) is 2.96. The Morgan fingerprint density at radius 1 is 1.48 bits per heavy atom. The smallest absolute Gasteiger partial charge is 0.357 e. The van der Waals surface area contributed by atoms with Gasteiger partial charge in [-0.2, -0.15) is 5.10 Å². The van der Waals surface area contributed by atoms with Gasteiger partial charge in [-0.05, 0) is 31.6 Å². The molecule has 118 valence electrons. The number of rotatable bonds is 5. The summed E-state index contributed by atoms with van der Waals surface area (Å²) >= 11 is 0. The summed E-state index contributed by atoms with van der Waals surface area (Å²) in [7, 11) is -3.90. The SMILES string of the molecule is CCC1CCC(NS(=O)(=O)c2c(C(=O)O)n[nH]c2C)C1C.